The minimum atomic E-state index is -0.766. The summed E-state index contributed by atoms with van der Waals surface area (Å²) in [5, 5.41) is 21.5. The number of carbonyl (C=O) groups excluding carboxylic acids is 1. The predicted molar refractivity (Wildman–Crippen MR) is 69.1 cm³/mol. The van der Waals surface area contributed by atoms with Gasteiger partial charge < -0.3 is 15.5 Å². The number of carbonyl (C=O) groups is 1. The van der Waals surface area contributed by atoms with Gasteiger partial charge in [0.1, 0.15) is 22.9 Å². The van der Waals surface area contributed by atoms with E-state index >= 15 is 0 Å². The molecule has 0 unspecified atom stereocenters. The van der Waals surface area contributed by atoms with Gasteiger partial charge in [-0.2, -0.15) is 0 Å². The van der Waals surface area contributed by atoms with E-state index in [1.165, 1.54) is 24.3 Å². The van der Waals surface area contributed by atoms with Gasteiger partial charge in [-0.3, -0.25) is 4.79 Å². The number of aromatic hydroxyl groups is 2. The van der Waals surface area contributed by atoms with E-state index in [-0.39, 0.29) is 27.8 Å². The molecular weight excluding hydrogens is 273 g/mol. The molecule has 0 saturated heterocycles. The van der Waals surface area contributed by atoms with E-state index in [9.17, 15) is 19.4 Å². The zero-order chi connectivity index (χ0) is 14.0. The molecule has 0 saturated carbocycles. The summed E-state index contributed by atoms with van der Waals surface area (Å²) in [7, 11) is 0. The summed E-state index contributed by atoms with van der Waals surface area (Å²) in [6.45, 7) is 0. The zero-order valence-electron chi connectivity index (χ0n) is 9.52. The maximum Gasteiger partial charge on any atom is 0.263 e. The molecule has 0 aliphatic heterocycles. The van der Waals surface area contributed by atoms with Crippen LogP contribution in [-0.4, -0.2) is 16.1 Å². The normalized spacial score (nSPS) is 10.2. The molecule has 19 heavy (non-hydrogen) atoms. The average Bonchev–Trinajstić information content (AvgIpc) is 2.26. The van der Waals surface area contributed by atoms with E-state index in [2.05, 4.69) is 5.32 Å². The highest BCUT2D eigenvalue weighted by Gasteiger charge is 2.16. The Balaban J connectivity index is 2.31. The molecule has 3 N–H and O–H groups in total. The van der Waals surface area contributed by atoms with Gasteiger partial charge in [0.25, 0.3) is 5.91 Å². The van der Waals surface area contributed by atoms with Crippen LogP contribution in [0.3, 0.4) is 0 Å². The van der Waals surface area contributed by atoms with E-state index in [0.717, 1.165) is 12.1 Å². The van der Waals surface area contributed by atoms with Gasteiger partial charge in [0, 0.05) is 10.7 Å². The fraction of sp³-hybridized carbons (Fsp3) is 0. The summed E-state index contributed by atoms with van der Waals surface area (Å²) in [6.07, 6.45) is 0. The first-order valence-electron chi connectivity index (χ1n) is 5.26. The van der Waals surface area contributed by atoms with Crippen LogP contribution in [0.1, 0.15) is 10.4 Å². The number of nitrogens with one attached hydrogen (secondary N) is 1. The fourth-order valence-electron chi connectivity index (χ4n) is 1.58. The number of hydrogen-bond acceptors (Lipinski definition) is 3. The summed E-state index contributed by atoms with van der Waals surface area (Å²) < 4.78 is 13.1. The van der Waals surface area contributed by atoms with Gasteiger partial charge in [0.05, 0.1) is 0 Å². The van der Waals surface area contributed by atoms with Gasteiger partial charge in [-0.15, -0.1) is 0 Å². The van der Waals surface area contributed by atoms with Crippen molar-refractivity contribution in [3.8, 4) is 11.5 Å². The Labute approximate surface area is 113 Å². The van der Waals surface area contributed by atoms with Crippen molar-refractivity contribution in [2.75, 3.05) is 5.32 Å². The van der Waals surface area contributed by atoms with Gasteiger partial charge in [-0.1, -0.05) is 17.7 Å². The number of benzene rings is 2. The molecular formula is C13H9ClFNO3. The van der Waals surface area contributed by atoms with Crippen LogP contribution < -0.4 is 5.32 Å². The van der Waals surface area contributed by atoms with Crippen LogP contribution in [0.25, 0.3) is 0 Å². The number of halogens is 2. The van der Waals surface area contributed by atoms with Crippen molar-refractivity contribution in [3.63, 3.8) is 0 Å². The summed E-state index contributed by atoms with van der Waals surface area (Å²) in [5.74, 6) is -2.12. The standard InChI is InChI=1S/C13H9ClFNO3/c14-7-4-8(15)6-9(5-7)16-13(19)12-10(17)2-1-3-11(12)18/h1-6,17-18H,(H,16,19). The summed E-state index contributed by atoms with van der Waals surface area (Å²) >= 11 is 5.65. The van der Waals surface area contributed by atoms with Crippen molar-refractivity contribution >= 4 is 23.2 Å². The van der Waals surface area contributed by atoms with Crippen molar-refractivity contribution in [2.24, 2.45) is 0 Å². The molecule has 98 valence electrons. The Morgan fingerprint density at radius 1 is 1.16 bits per heavy atom. The first-order valence-corrected chi connectivity index (χ1v) is 5.63. The van der Waals surface area contributed by atoms with Gasteiger partial charge in [0.2, 0.25) is 0 Å². The Bertz CT molecular complexity index is 605. The molecule has 0 atom stereocenters. The molecule has 6 heteroatoms. The van der Waals surface area contributed by atoms with E-state index in [1.807, 2.05) is 0 Å². The molecule has 0 aromatic heterocycles. The summed E-state index contributed by atoms with van der Waals surface area (Å²) in [5.41, 5.74) is -0.166. The second-order valence-corrected chi connectivity index (χ2v) is 4.22. The maximum atomic E-state index is 13.1. The lowest BCUT2D eigenvalue weighted by molar-refractivity contribution is 0.102. The minimum Gasteiger partial charge on any atom is -0.507 e. The first-order chi connectivity index (χ1) is 8.97. The first kappa shape index (κ1) is 13.2. The molecule has 2 rings (SSSR count). The van der Waals surface area contributed by atoms with Crippen LogP contribution in [-0.2, 0) is 0 Å². The largest absolute Gasteiger partial charge is 0.507 e. The molecule has 0 spiro atoms. The molecule has 0 aliphatic rings. The molecule has 1 amide bonds. The lowest BCUT2D eigenvalue weighted by Gasteiger charge is -2.08. The van der Waals surface area contributed by atoms with E-state index < -0.39 is 11.7 Å². The predicted octanol–water partition coefficient (Wildman–Crippen LogP) is 3.14. The van der Waals surface area contributed by atoms with E-state index in [4.69, 9.17) is 11.6 Å². The molecule has 0 bridgehead atoms. The van der Waals surface area contributed by atoms with E-state index in [0.29, 0.717) is 0 Å². The zero-order valence-corrected chi connectivity index (χ0v) is 10.3. The van der Waals surface area contributed by atoms with Gasteiger partial charge >= 0.3 is 0 Å². The lowest BCUT2D eigenvalue weighted by atomic mass is 10.1. The van der Waals surface area contributed by atoms with Crippen molar-refractivity contribution in [2.45, 2.75) is 0 Å². The van der Waals surface area contributed by atoms with Gasteiger partial charge in [-0.05, 0) is 30.3 Å². The molecule has 4 nitrogen and oxygen atoms in total. The summed E-state index contributed by atoms with van der Waals surface area (Å²) in [4.78, 5) is 11.9. The Kier molecular flexibility index (Phi) is 3.57. The maximum absolute atomic E-state index is 13.1. The van der Waals surface area contributed by atoms with Crippen molar-refractivity contribution < 1.29 is 19.4 Å². The fourth-order valence-corrected chi connectivity index (χ4v) is 1.80. The highest BCUT2D eigenvalue weighted by molar-refractivity contribution is 6.31. The molecule has 0 heterocycles. The number of amides is 1. The number of hydrogen-bond donors (Lipinski definition) is 3. The smallest absolute Gasteiger partial charge is 0.263 e. The SMILES string of the molecule is O=C(Nc1cc(F)cc(Cl)c1)c1c(O)cccc1O. The third-order valence-electron chi connectivity index (χ3n) is 2.37. The van der Waals surface area contributed by atoms with Crippen LogP contribution in [0.4, 0.5) is 10.1 Å². The molecule has 0 aliphatic carbocycles. The van der Waals surface area contributed by atoms with Gasteiger partial charge in [-0.25, -0.2) is 4.39 Å². The highest BCUT2D eigenvalue weighted by atomic mass is 35.5. The van der Waals surface area contributed by atoms with Crippen molar-refractivity contribution in [1.82, 2.24) is 0 Å². The monoisotopic (exact) mass is 281 g/mol. The molecule has 0 radical (unpaired) electrons. The number of anilines is 1. The van der Waals surface area contributed by atoms with Crippen molar-refractivity contribution in [3.05, 3.63) is 52.8 Å². The second kappa shape index (κ2) is 5.16. The van der Waals surface area contributed by atoms with Crippen LogP contribution in [0.5, 0.6) is 11.5 Å². The molecule has 2 aromatic rings. The highest BCUT2D eigenvalue weighted by Crippen LogP contribution is 2.27. The Morgan fingerprint density at radius 2 is 1.79 bits per heavy atom. The number of phenols is 2. The lowest BCUT2D eigenvalue weighted by Crippen LogP contribution is -2.12. The summed E-state index contributed by atoms with van der Waals surface area (Å²) in [6, 6.07) is 7.41. The van der Waals surface area contributed by atoms with Crippen LogP contribution in [0.2, 0.25) is 5.02 Å². The second-order valence-electron chi connectivity index (χ2n) is 3.78. The number of phenolic OH excluding ortho intramolecular Hbond substituents is 2. The third-order valence-corrected chi connectivity index (χ3v) is 2.59. The van der Waals surface area contributed by atoms with E-state index in [1.54, 1.807) is 0 Å². The average molecular weight is 282 g/mol. The Morgan fingerprint density at radius 3 is 2.37 bits per heavy atom. The minimum absolute atomic E-state index is 0.122. The topological polar surface area (TPSA) is 69.6 Å². The van der Waals surface area contributed by atoms with Crippen LogP contribution >= 0.6 is 11.6 Å². The number of rotatable bonds is 2. The van der Waals surface area contributed by atoms with Crippen LogP contribution in [0, 0.1) is 5.82 Å². The van der Waals surface area contributed by atoms with Crippen LogP contribution in [0.15, 0.2) is 36.4 Å². The van der Waals surface area contributed by atoms with Gasteiger partial charge in [0.15, 0.2) is 0 Å². The molecule has 2 aromatic carbocycles. The van der Waals surface area contributed by atoms with Crippen molar-refractivity contribution in [1.29, 1.82) is 0 Å². The Hall–Kier alpha value is -2.27. The quantitative estimate of drug-likeness (QED) is 0.792. The molecule has 0 fully saturated rings. The third kappa shape index (κ3) is 2.95.